The molecule has 1 aromatic heterocycles. The van der Waals surface area contributed by atoms with Crippen LogP contribution in [0, 0.1) is 6.92 Å². The maximum absolute atomic E-state index is 12.3. The van der Waals surface area contributed by atoms with Crippen LogP contribution in [-0.4, -0.2) is 46.0 Å². The summed E-state index contributed by atoms with van der Waals surface area (Å²) in [6, 6.07) is 14.3. The lowest BCUT2D eigenvalue weighted by Gasteiger charge is -2.12. The maximum Gasteiger partial charge on any atom is 0.262 e. The van der Waals surface area contributed by atoms with E-state index in [1.54, 1.807) is 24.3 Å². The second kappa shape index (κ2) is 8.42. The molecule has 0 atom stereocenters. The highest BCUT2D eigenvalue weighted by Gasteiger charge is 2.36. The van der Waals surface area contributed by atoms with Crippen molar-refractivity contribution in [3.63, 3.8) is 0 Å². The molecule has 0 aliphatic carbocycles. The van der Waals surface area contributed by atoms with Gasteiger partial charge in [-0.3, -0.25) is 24.6 Å². The van der Waals surface area contributed by atoms with Gasteiger partial charge in [-0.25, -0.2) is 0 Å². The van der Waals surface area contributed by atoms with Crippen molar-refractivity contribution in [2.24, 2.45) is 0 Å². The zero-order valence-electron chi connectivity index (χ0n) is 16.1. The minimum atomic E-state index is -0.511. The molecule has 3 aromatic rings. The van der Waals surface area contributed by atoms with Gasteiger partial charge in [0.05, 0.1) is 17.7 Å². The number of nitrogens with one attached hydrogen (secondary N) is 1. The van der Waals surface area contributed by atoms with Gasteiger partial charge in [-0.2, -0.15) is 0 Å². The SMILES string of the molecule is Cc1ccc(OCCc2nnc(NC(=O)CN3C(=O)c4ccccc4C3=O)s2)cc1. The highest BCUT2D eigenvalue weighted by Crippen LogP contribution is 2.22. The average molecular weight is 422 g/mol. The van der Waals surface area contributed by atoms with E-state index in [1.165, 1.54) is 11.3 Å². The fourth-order valence-electron chi connectivity index (χ4n) is 2.98. The van der Waals surface area contributed by atoms with E-state index in [0.717, 1.165) is 16.2 Å². The third-order valence-corrected chi connectivity index (χ3v) is 5.40. The lowest BCUT2D eigenvalue weighted by atomic mass is 10.1. The minimum Gasteiger partial charge on any atom is -0.493 e. The van der Waals surface area contributed by atoms with Gasteiger partial charge in [0, 0.05) is 6.42 Å². The Morgan fingerprint density at radius 3 is 2.37 bits per heavy atom. The summed E-state index contributed by atoms with van der Waals surface area (Å²) >= 11 is 1.22. The fourth-order valence-corrected chi connectivity index (χ4v) is 3.72. The molecule has 0 saturated carbocycles. The Kier molecular flexibility index (Phi) is 5.53. The van der Waals surface area contributed by atoms with Crippen LogP contribution in [0.5, 0.6) is 5.75 Å². The third kappa shape index (κ3) is 4.20. The van der Waals surface area contributed by atoms with Crippen molar-refractivity contribution in [1.82, 2.24) is 15.1 Å². The van der Waals surface area contributed by atoms with Crippen LogP contribution in [0.3, 0.4) is 0 Å². The molecule has 0 saturated heterocycles. The summed E-state index contributed by atoms with van der Waals surface area (Å²) in [5, 5.41) is 11.6. The number of anilines is 1. The largest absolute Gasteiger partial charge is 0.493 e. The van der Waals surface area contributed by atoms with Crippen LogP contribution in [0.25, 0.3) is 0 Å². The van der Waals surface area contributed by atoms with Crippen molar-refractivity contribution in [1.29, 1.82) is 0 Å². The zero-order valence-corrected chi connectivity index (χ0v) is 16.9. The van der Waals surface area contributed by atoms with Crippen LogP contribution in [-0.2, 0) is 11.2 Å². The summed E-state index contributed by atoms with van der Waals surface area (Å²) in [7, 11) is 0. The number of rotatable bonds is 7. The van der Waals surface area contributed by atoms with E-state index in [0.29, 0.717) is 34.3 Å². The second-order valence-corrected chi connectivity index (χ2v) is 7.76. The highest BCUT2D eigenvalue weighted by atomic mass is 32.1. The molecule has 8 nitrogen and oxygen atoms in total. The summed E-state index contributed by atoms with van der Waals surface area (Å²) in [5.41, 5.74) is 1.78. The maximum atomic E-state index is 12.3. The molecule has 0 fully saturated rings. The van der Waals surface area contributed by atoms with Crippen LogP contribution >= 0.6 is 11.3 Å². The van der Waals surface area contributed by atoms with Gasteiger partial charge < -0.3 is 4.74 Å². The number of imide groups is 1. The Balaban J connectivity index is 1.28. The number of carbonyl (C=O) groups is 3. The standard InChI is InChI=1S/C21H18N4O4S/c1-13-6-8-14(9-7-13)29-11-10-18-23-24-21(30-18)22-17(26)12-25-19(27)15-4-2-3-5-16(15)20(25)28/h2-9H,10-12H2,1H3,(H,22,24,26). The molecule has 1 aliphatic heterocycles. The molecule has 4 rings (SSSR count). The molecular formula is C21H18N4O4S. The molecule has 0 radical (unpaired) electrons. The number of benzene rings is 2. The highest BCUT2D eigenvalue weighted by molar-refractivity contribution is 7.15. The van der Waals surface area contributed by atoms with Crippen molar-refractivity contribution < 1.29 is 19.1 Å². The van der Waals surface area contributed by atoms with E-state index >= 15 is 0 Å². The Bertz CT molecular complexity index is 1080. The van der Waals surface area contributed by atoms with Gasteiger partial charge in [0.15, 0.2) is 0 Å². The van der Waals surface area contributed by atoms with Gasteiger partial charge >= 0.3 is 0 Å². The predicted octanol–water partition coefficient (Wildman–Crippen LogP) is 2.70. The molecule has 152 valence electrons. The summed E-state index contributed by atoms with van der Waals surface area (Å²) in [6.45, 7) is 2.06. The normalized spacial score (nSPS) is 12.8. The number of fused-ring (bicyclic) bond motifs is 1. The molecule has 3 amide bonds. The van der Waals surface area contributed by atoms with Crippen molar-refractivity contribution >= 4 is 34.2 Å². The van der Waals surface area contributed by atoms with Crippen LogP contribution in [0.2, 0.25) is 0 Å². The lowest BCUT2D eigenvalue weighted by Crippen LogP contribution is -2.37. The summed E-state index contributed by atoms with van der Waals surface area (Å²) in [6.07, 6.45) is 0.541. The van der Waals surface area contributed by atoms with E-state index in [9.17, 15) is 14.4 Å². The zero-order chi connectivity index (χ0) is 21.1. The summed E-state index contributed by atoms with van der Waals surface area (Å²) in [4.78, 5) is 37.9. The van der Waals surface area contributed by atoms with Gasteiger partial charge in [0.1, 0.15) is 17.3 Å². The van der Waals surface area contributed by atoms with Crippen molar-refractivity contribution in [2.45, 2.75) is 13.3 Å². The number of carbonyl (C=O) groups excluding carboxylic acids is 3. The van der Waals surface area contributed by atoms with E-state index in [4.69, 9.17) is 4.74 Å². The molecule has 1 N–H and O–H groups in total. The smallest absolute Gasteiger partial charge is 0.262 e. The Morgan fingerprint density at radius 1 is 1.03 bits per heavy atom. The van der Waals surface area contributed by atoms with Gasteiger partial charge in [0.25, 0.3) is 11.8 Å². The van der Waals surface area contributed by atoms with Gasteiger partial charge in [-0.1, -0.05) is 41.2 Å². The first-order chi connectivity index (χ1) is 14.5. The van der Waals surface area contributed by atoms with Crippen molar-refractivity contribution in [3.05, 3.63) is 70.2 Å². The molecule has 9 heteroatoms. The second-order valence-electron chi connectivity index (χ2n) is 6.70. The fraction of sp³-hybridized carbons (Fsp3) is 0.190. The van der Waals surface area contributed by atoms with E-state index in [-0.39, 0.29) is 6.54 Å². The number of amides is 3. The van der Waals surface area contributed by atoms with E-state index in [1.807, 2.05) is 31.2 Å². The van der Waals surface area contributed by atoms with Crippen LogP contribution in [0.15, 0.2) is 48.5 Å². The monoisotopic (exact) mass is 422 g/mol. The van der Waals surface area contributed by atoms with Crippen LogP contribution < -0.4 is 10.1 Å². The quantitative estimate of drug-likeness (QED) is 0.588. The number of aryl methyl sites for hydroxylation is 1. The number of hydrogen-bond acceptors (Lipinski definition) is 7. The molecule has 2 aromatic carbocycles. The molecule has 0 spiro atoms. The summed E-state index contributed by atoms with van der Waals surface area (Å²) in [5.74, 6) is -0.684. The first kappa shape index (κ1) is 19.7. The van der Waals surface area contributed by atoms with Crippen LogP contribution in [0.1, 0.15) is 31.3 Å². The van der Waals surface area contributed by atoms with Gasteiger partial charge in [-0.05, 0) is 31.2 Å². The molecule has 1 aliphatic rings. The number of hydrogen-bond donors (Lipinski definition) is 1. The molecular weight excluding hydrogens is 404 g/mol. The topological polar surface area (TPSA) is 101 Å². The lowest BCUT2D eigenvalue weighted by molar-refractivity contribution is -0.116. The van der Waals surface area contributed by atoms with Crippen LogP contribution in [0.4, 0.5) is 5.13 Å². The first-order valence-corrected chi connectivity index (χ1v) is 10.1. The third-order valence-electron chi connectivity index (χ3n) is 4.50. The molecule has 2 heterocycles. The van der Waals surface area contributed by atoms with E-state index < -0.39 is 17.7 Å². The number of aromatic nitrogens is 2. The predicted molar refractivity (Wildman–Crippen MR) is 111 cm³/mol. The van der Waals surface area contributed by atoms with Crippen molar-refractivity contribution in [2.75, 3.05) is 18.5 Å². The Hall–Kier alpha value is -3.59. The average Bonchev–Trinajstić information content (AvgIpc) is 3.28. The molecule has 0 unspecified atom stereocenters. The van der Waals surface area contributed by atoms with Gasteiger partial charge in [0.2, 0.25) is 11.0 Å². The Morgan fingerprint density at radius 2 is 1.70 bits per heavy atom. The Labute approximate surface area is 176 Å². The number of nitrogens with zero attached hydrogens (tertiary/aromatic N) is 3. The first-order valence-electron chi connectivity index (χ1n) is 9.28. The van der Waals surface area contributed by atoms with Gasteiger partial charge in [-0.15, -0.1) is 10.2 Å². The van der Waals surface area contributed by atoms with Crippen molar-refractivity contribution in [3.8, 4) is 5.75 Å². The summed E-state index contributed by atoms with van der Waals surface area (Å²) < 4.78 is 5.67. The molecule has 0 bridgehead atoms. The molecule has 30 heavy (non-hydrogen) atoms. The minimum absolute atomic E-state index is 0.307. The van der Waals surface area contributed by atoms with E-state index in [2.05, 4.69) is 15.5 Å². The number of ether oxygens (including phenoxy) is 1.